The van der Waals surface area contributed by atoms with Gasteiger partial charge in [0, 0.05) is 19.3 Å². The van der Waals surface area contributed by atoms with Gasteiger partial charge in [0.05, 0.1) is 6.10 Å². The molecule has 0 aliphatic heterocycles. The highest BCUT2D eigenvalue weighted by molar-refractivity contribution is 8.13. The number of carbonyl (C=O) groups excluding carboxylic acids is 1. The van der Waals surface area contributed by atoms with Crippen LogP contribution in [0.15, 0.2) is 0 Å². The van der Waals surface area contributed by atoms with Crippen LogP contribution in [0, 0.1) is 5.41 Å². The van der Waals surface area contributed by atoms with E-state index in [1.165, 1.54) is 76.0 Å². The van der Waals surface area contributed by atoms with Crippen molar-refractivity contribution in [2.45, 2.75) is 117 Å². The Morgan fingerprint density at radius 3 is 2.16 bits per heavy atom. The maximum absolute atomic E-state index is 12.0. The number of rotatable bonds is 16. The molecule has 0 spiro atoms. The van der Waals surface area contributed by atoms with Crippen molar-refractivity contribution in [2.24, 2.45) is 5.41 Å². The van der Waals surface area contributed by atoms with Gasteiger partial charge in [-0.1, -0.05) is 97.2 Å². The Morgan fingerprint density at radius 2 is 1.52 bits per heavy atom. The highest BCUT2D eigenvalue weighted by Crippen LogP contribution is 2.23. The van der Waals surface area contributed by atoms with E-state index in [-0.39, 0.29) is 6.10 Å². The zero-order valence-electron chi connectivity index (χ0n) is 17.7. The average Bonchev–Trinajstić information content (AvgIpc) is 2.55. The van der Waals surface area contributed by atoms with Gasteiger partial charge in [-0.25, -0.2) is 0 Å². The molecule has 3 heteroatoms. The molecule has 0 radical (unpaired) electrons. The fraction of sp³-hybridized carbons (Fsp3) is 0.955. The molecule has 2 nitrogen and oxygen atoms in total. The summed E-state index contributed by atoms with van der Waals surface area (Å²) < 4.78 is 5.53. The fourth-order valence-electron chi connectivity index (χ4n) is 2.96. The third-order valence-corrected chi connectivity index (χ3v) is 5.77. The van der Waals surface area contributed by atoms with Gasteiger partial charge in [0.15, 0.2) is 5.12 Å². The van der Waals surface area contributed by atoms with E-state index in [2.05, 4.69) is 27.7 Å². The quantitative estimate of drug-likeness (QED) is 0.264. The molecule has 0 aromatic carbocycles. The Kier molecular flexibility index (Phi) is 16.2. The second kappa shape index (κ2) is 16.2. The Morgan fingerprint density at radius 1 is 0.920 bits per heavy atom. The molecule has 0 bridgehead atoms. The summed E-state index contributed by atoms with van der Waals surface area (Å²) in [6.07, 6.45) is 16.0. The first kappa shape index (κ1) is 25.0. The van der Waals surface area contributed by atoms with E-state index in [1.54, 1.807) is 7.11 Å². The van der Waals surface area contributed by atoms with E-state index in [9.17, 15) is 4.79 Å². The Labute approximate surface area is 162 Å². The minimum Gasteiger partial charge on any atom is -0.381 e. The molecule has 0 aromatic heterocycles. The third kappa shape index (κ3) is 18.6. The topological polar surface area (TPSA) is 26.3 Å². The zero-order valence-corrected chi connectivity index (χ0v) is 18.5. The van der Waals surface area contributed by atoms with Gasteiger partial charge in [0.25, 0.3) is 0 Å². The Balaban J connectivity index is 3.54. The maximum Gasteiger partial charge on any atom is 0.189 e. The molecule has 1 unspecified atom stereocenters. The summed E-state index contributed by atoms with van der Waals surface area (Å²) in [4.78, 5) is 12.0. The van der Waals surface area contributed by atoms with Crippen molar-refractivity contribution >= 4 is 16.9 Å². The van der Waals surface area contributed by atoms with Crippen molar-refractivity contribution in [3.8, 4) is 0 Å². The van der Waals surface area contributed by atoms with Gasteiger partial charge in [0.1, 0.15) is 0 Å². The molecule has 0 fully saturated rings. The minimum atomic E-state index is 0.243. The Hall–Kier alpha value is -0.0200. The van der Waals surface area contributed by atoms with E-state index < -0.39 is 0 Å². The number of carbonyl (C=O) groups is 1. The predicted molar refractivity (Wildman–Crippen MR) is 113 cm³/mol. The fourth-order valence-corrected chi connectivity index (χ4v) is 3.92. The first-order valence-electron chi connectivity index (χ1n) is 10.6. The molecule has 25 heavy (non-hydrogen) atoms. The van der Waals surface area contributed by atoms with Crippen molar-refractivity contribution in [3.63, 3.8) is 0 Å². The standard InChI is InChI=1S/C22H44O2S/c1-6-7-8-10-13-16-20(24-5)19-25-21(23)17-14-11-9-12-15-18-22(2,3)4/h20H,6-19H2,1-5H3. The average molecular weight is 373 g/mol. The molecule has 0 aromatic rings. The molecule has 0 amide bonds. The van der Waals surface area contributed by atoms with Crippen LogP contribution in [0.5, 0.6) is 0 Å². The van der Waals surface area contributed by atoms with Gasteiger partial charge >= 0.3 is 0 Å². The molecular formula is C22H44O2S. The van der Waals surface area contributed by atoms with Crippen molar-refractivity contribution in [1.29, 1.82) is 0 Å². The zero-order chi connectivity index (χ0) is 19.0. The monoisotopic (exact) mass is 372 g/mol. The number of methoxy groups -OCH3 is 1. The van der Waals surface area contributed by atoms with E-state index in [1.807, 2.05) is 0 Å². The van der Waals surface area contributed by atoms with Crippen molar-refractivity contribution in [1.82, 2.24) is 0 Å². The Bertz CT molecular complexity index is 310. The molecule has 150 valence electrons. The van der Waals surface area contributed by atoms with Crippen LogP contribution < -0.4 is 0 Å². The number of thioether (sulfide) groups is 1. The summed E-state index contributed by atoms with van der Waals surface area (Å²) >= 11 is 1.49. The molecule has 0 saturated heterocycles. The number of unbranched alkanes of at least 4 members (excludes halogenated alkanes) is 8. The lowest BCUT2D eigenvalue weighted by molar-refractivity contribution is -0.111. The van der Waals surface area contributed by atoms with Gasteiger partial charge in [-0.2, -0.15) is 0 Å². The second-order valence-electron chi connectivity index (χ2n) is 8.57. The first-order valence-corrected chi connectivity index (χ1v) is 11.6. The highest BCUT2D eigenvalue weighted by Gasteiger charge is 2.11. The highest BCUT2D eigenvalue weighted by atomic mass is 32.2. The van der Waals surface area contributed by atoms with E-state index in [0.717, 1.165) is 25.0 Å². The van der Waals surface area contributed by atoms with Crippen LogP contribution >= 0.6 is 11.8 Å². The SMILES string of the molecule is CCCCCCCC(CSC(=O)CCCCCCCC(C)(C)C)OC. The van der Waals surface area contributed by atoms with Gasteiger partial charge in [-0.3, -0.25) is 4.79 Å². The van der Waals surface area contributed by atoms with Crippen LogP contribution in [0.4, 0.5) is 0 Å². The largest absolute Gasteiger partial charge is 0.381 e. The van der Waals surface area contributed by atoms with E-state index in [0.29, 0.717) is 10.5 Å². The van der Waals surface area contributed by atoms with Gasteiger partial charge in [-0.15, -0.1) is 0 Å². The summed E-state index contributed by atoms with van der Waals surface area (Å²) in [7, 11) is 1.78. The predicted octanol–water partition coefficient (Wildman–Crippen LogP) is 7.40. The van der Waals surface area contributed by atoms with E-state index >= 15 is 0 Å². The minimum absolute atomic E-state index is 0.243. The molecule has 0 aliphatic rings. The summed E-state index contributed by atoms with van der Waals surface area (Å²) in [5.74, 6) is 0.828. The maximum atomic E-state index is 12.0. The van der Waals surface area contributed by atoms with Crippen LogP contribution in [0.1, 0.15) is 111 Å². The number of ether oxygens (including phenoxy) is 1. The number of hydrogen-bond acceptors (Lipinski definition) is 3. The summed E-state index contributed by atoms with van der Waals surface area (Å²) in [6.45, 7) is 9.16. The van der Waals surface area contributed by atoms with Crippen molar-refractivity contribution in [3.05, 3.63) is 0 Å². The van der Waals surface area contributed by atoms with Crippen LogP contribution in [0.2, 0.25) is 0 Å². The molecule has 0 saturated carbocycles. The lowest BCUT2D eigenvalue weighted by atomic mass is 9.89. The van der Waals surface area contributed by atoms with Crippen LogP contribution in [0.3, 0.4) is 0 Å². The third-order valence-electron chi connectivity index (χ3n) is 4.70. The molecular weight excluding hydrogens is 328 g/mol. The van der Waals surface area contributed by atoms with Gasteiger partial charge < -0.3 is 4.74 Å². The molecule has 0 heterocycles. The van der Waals surface area contributed by atoms with Crippen LogP contribution in [-0.2, 0) is 9.53 Å². The van der Waals surface area contributed by atoms with Crippen molar-refractivity contribution < 1.29 is 9.53 Å². The van der Waals surface area contributed by atoms with Gasteiger partial charge in [-0.05, 0) is 24.7 Å². The number of hydrogen-bond donors (Lipinski definition) is 0. The lowest BCUT2D eigenvalue weighted by Crippen LogP contribution is -2.15. The smallest absolute Gasteiger partial charge is 0.189 e. The lowest BCUT2D eigenvalue weighted by Gasteiger charge is -2.17. The van der Waals surface area contributed by atoms with E-state index in [4.69, 9.17) is 4.74 Å². The second-order valence-corrected chi connectivity index (χ2v) is 9.65. The normalized spacial score (nSPS) is 13.2. The van der Waals surface area contributed by atoms with Crippen LogP contribution in [-0.4, -0.2) is 24.1 Å². The summed E-state index contributed by atoms with van der Waals surface area (Å²) in [6, 6.07) is 0. The molecule has 1 atom stereocenters. The van der Waals surface area contributed by atoms with Crippen molar-refractivity contribution in [2.75, 3.05) is 12.9 Å². The van der Waals surface area contributed by atoms with Crippen LogP contribution in [0.25, 0.3) is 0 Å². The molecule has 0 rings (SSSR count). The van der Waals surface area contributed by atoms with Gasteiger partial charge in [0.2, 0.25) is 0 Å². The molecule has 0 N–H and O–H groups in total. The first-order chi connectivity index (χ1) is 11.9. The molecule has 0 aliphatic carbocycles. The summed E-state index contributed by atoms with van der Waals surface area (Å²) in [5.41, 5.74) is 0.459. The summed E-state index contributed by atoms with van der Waals surface area (Å²) in [5, 5.41) is 0.350.